The van der Waals surface area contributed by atoms with Gasteiger partial charge in [-0.15, -0.1) is 11.8 Å². The Morgan fingerprint density at radius 3 is 2.50 bits per heavy atom. The zero-order valence-electron chi connectivity index (χ0n) is 15.5. The Labute approximate surface area is 159 Å². The number of rotatable bonds is 7. The van der Waals surface area contributed by atoms with E-state index in [0.717, 1.165) is 18.1 Å². The molecule has 0 aliphatic rings. The maximum absolute atomic E-state index is 11.1. The van der Waals surface area contributed by atoms with Crippen molar-refractivity contribution in [3.8, 4) is 0 Å². The van der Waals surface area contributed by atoms with Gasteiger partial charge >= 0.3 is 0 Å². The molecule has 0 radical (unpaired) electrons. The second kappa shape index (κ2) is 9.87. The molecule has 0 aromatic heterocycles. The highest BCUT2D eigenvalue weighted by atomic mass is 32.2. The van der Waals surface area contributed by atoms with Gasteiger partial charge in [-0.05, 0) is 55.0 Å². The molecule has 0 atom stereocenters. The number of thioether (sulfide) groups is 1. The van der Waals surface area contributed by atoms with Crippen molar-refractivity contribution in [2.45, 2.75) is 31.8 Å². The molecule has 5 nitrogen and oxygen atoms in total. The van der Waals surface area contributed by atoms with Gasteiger partial charge in [0.05, 0.1) is 6.54 Å². The van der Waals surface area contributed by atoms with Gasteiger partial charge in [0.25, 0.3) is 0 Å². The van der Waals surface area contributed by atoms with Crippen LogP contribution in [0.5, 0.6) is 0 Å². The van der Waals surface area contributed by atoms with E-state index in [1.165, 1.54) is 16.0 Å². The van der Waals surface area contributed by atoms with Crippen molar-refractivity contribution in [3.05, 3.63) is 64.7 Å². The minimum Gasteiger partial charge on any atom is -0.366 e. The molecule has 0 bridgehead atoms. The molecule has 0 aliphatic heterocycles. The molecule has 2 aromatic rings. The van der Waals surface area contributed by atoms with Crippen molar-refractivity contribution in [3.63, 3.8) is 0 Å². The fourth-order valence-electron chi connectivity index (χ4n) is 2.46. The Bertz CT molecular complexity index is 772. The van der Waals surface area contributed by atoms with E-state index in [9.17, 15) is 4.79 Å². The lowest BCUT2D eigenvalue weighted by Crippen LogP contribution is -2.36. The predicted molar refractivity (Wildman–Crippen MR) is 110 cm³/mol. The lowest BCUT2D eigenvalue weighted by molar-refractivity contribution is 0.100. The summed E-state index contributed by atoms with van der Waals surface area (Å²) in [4.78, 5) is 17.0. The molecule has 2 rings (SSSR count). The topological polar surface area (TPSA) is 79.5 Å². The van der Waals surface area contributed by atoms with Crippen LogP contribution in [0.2, 0.25) is 0 Å². The molecule has 1 amide bonds. The van der Waals surface area contributed by atoms with E-state index < -0.39 is 5.91 Å². The maximum Gasteiger partial charge on any atom is 0.248 e. The third kappa shape index (κ3) is 5.81. The van der Waals surface area contributed by atoms with E-state index in [4.69, 9.17) is 5.73 Å². The van der Waals surface area contributed by atoms with Crippen molar-refractivity contribution in [1.29, 1.82) is 0 Å². The van der Waals surface area contributed by atoms with Gasteiger partial charge in [0.1, 0.15) is 0 Å². The van der Waals surface area contributed by atoms with Gasteiger partial charge in [0.15, 0.2) is 5.96 Å². The number of carbonyl (C=O) groups excluding carboxylic acids is 1. The second-order valence-corrected chi connectivity index (χ2v) is 6.77. The van der Waals surface area contributed by atoms with Gasteiger partial charge < -0.3 is 16.4 Å². The largest absolute Gasteiger partial charge is 0.366 e. The highest BCUT2D eigenvalue weighted by Crippen LogP contribution is 2.21. The molecular formula is C20H26N4OS. The minimum atomic E-state index is -0.419. The number of benzene rings is 2. The first kappa shape index (κ1) is 19.8. The van der Waals surface area contributed by atoms with Crippen LogP contribution in [0.3, 0.4) is 0 Å². The number of nitrogens with one attached hydrogen (secondary N) is 2. The summed E-state index contributed by atoms with van der Waals surface area (Å²) in [5, 5.41) is 6.64. The van der Waals surface area contributed by atoms with Gasteiger partial charge in [0.2, 0.25) is 5.91 Å². The van der Waals surface area contributed by atoms with E-state index in [0.29, 0.717) is 18.7 Å². The number of hydrogen-bond donors (Lipinski definition) is 3. The standard InChI is InChI=1S/C20H26N4OS/c1-4-22-20(23-12-15-6-9-16(10-7-15)19(21)25)24-13-17-8-5-14(2)11-18(17)26-3/h5-11H,4,12-13H2,1-3H3,(H2,21,25)(H2,22,23,24). The zero-order valence-corrected chi connectivity index (χ0v) is 16.3. The van der Waals surface area contributed by atoms with Crippen molar-refractivity contribution in [2.24, 2.45) is 10.7 Å². The fraction of sp³-hybridized carbons (Fsp3) is 0.300. The third-order valence-electron chi connectivity index (χ3n) is 3.89. The van der Waals surface area contributed by atoms with Crippen LogP contribution in [-0.2, 0) is 13.1 Å². The van der Waals surface area contributed by atoms with Crippen molar-refractivity contribution in [1.82, 2.24) is 10.6 Å². The number of aryl methyl sites for hydroxylation is 1. The van der Waals surface area contributed by atoms with Crippen LogP contribution in [0.4, 0.5) is 0 Å². The molecule has 0 saturated carbocycles. The summed E-state index contributed by atoms with van der Waals surface area (Å²) in [7, 11) is 0. The Morgan fingerprint density at radius 1 is 1.15 bits per heavy atom. The Balaban J connectivity index is 2.03. The zero-order chi connectivity index (χ0) is 18.9. The van der Waals surface area contributed by atoms with Gasteiger partial charge in [0, 0.05) is 23.5 Å². The highest BCUT2D eigenvalue weighted by Gasteiger charge is 2.04. The van der Waals surface area contributed by atoms with Gasteiger partial charge in [-0.2, -0.15) is 0 Å². The van der Waals surface area contributed by atoms with Crippen molar-refractivity contribution >= 4 is 23.6 Å². The number of carbonyl (C=O) groups is 1. The van der Waals surface area contributed by atoms with Crippen LogP contribution in [0.15, 0.2) is 52.4 Å². The first-order valence-corrected chi connectivity index (χ1v) is 9.80. The molecular weight excluding hydrogens is 344 g/mol. The van der Waals surface area contributed by atoms with Gasteiger partial charge in [-0.1, -0.05) is 24.3 Å². The van der Waals surface area contributed by atoms with Gasteiger partial charge in [-0.25, -0.2) is 4.99 Å². The number of hydrogen-bond acceptors (Lipinski definition) is 3. The quantitative estimate of drug-likeness (QED) is 0.398. The first-order valence-electron chi connectivity index (χ1n) is 8.58. The molecule has 0 unspecified atom stereocenters. The summed E-state index contributed by atoms with van der Waals surface area (Å²) in [5.41, 5.74) is 9.30. The van der Waals surface area contributed by atoms with Crippen LogP contribution in [0.1, 0.15) is 34.0 Å². The molecule has 26 heavy (non-hydrogen) atoms. The summed E-state index contributed by atoms with van der Waals surface area (Å²) in [6.07, 6.45) is 2.09. The molecule has 0 spiro atoms. The smallest absolute Gasteiger partial charge is 0.248 e. The maximum atomic E-state index is 11.1. The molecule has 0 aliphatic carbocycles. The minimum absolute atomic E-state index is 0.419. The SMILES string of the molecule is CCNC(=NCc1ccc(C(N)=O)cc1)NCc1ccc(C)cc1SC. The monoisotopic (exact) mass is 370 g/mol. The molecule has 0 saturated heterocycles. The Morgan fingerprint density at radius 2 is 1.88 bits per heavy atom. The average Bonchev–Trinajstić information content (AvgIpc) is 2.65. The number of amides is 1. The van der Waals surface area contributed by atoms with E-state index in [1.807, 2.05) is 19.1 Å². The van der Waals surface area contributed by atoms with Gasteiger partial charge in [-0.3, -0.25) is 4.79 Å². The lowest BCUT2D eigenvalue weighted by atomic mass is 10.1. The van der Waals surface area contributed by atoms with Crippen LogP contribution >= 0.6 is 11.8 Å². The Hall–Kier alpha value is -2.47. The summed E-state index contributed by atoms with van der Waals surface area (Å²) < 4.78 is 0. The number of primary amides is 1. The van der Waals surface area contributed by atoms with Crippen LogP contribution in [0, 0.1) is 6.92 Å². The highest BCUT2D eigenvalue weighted by molar-refractivity contribution is 7.98. The average molecular weight is 371 g/mol. The van der Waals surface area contributed by atoms with E-state index >= 15 is 0 Å². The van der Waals surface area contributed by atoms with Crippen LogP contribution in [0.25, 0.3) is 0 Å². The van der Waals surface area contributed by atoms with Crippen molar-refractivity contribution < 1.29 is 4.79 Å². The molecule has 2 aromatic carbocycles. The summed E-state index contributed by atoms with van der Waals surface area (Å²) >= 11 is 1.75. The Kier molecular flexibility index (Phi) is 7.53. The summed E-state index contributed by atoms with van der Waals surface area (Å²) in [5.74, 6) is 0.344. The normalized spacial score (nSPS) is 11.3. The number of aliphatic imine (C=N–C) groups is 1. The van der Waals surface area contributed by atoms with Crippen molar-refractivity contribution in [2.75, 3.05) is 12.8 Å². The lowest BCUT2D eigenvalue weighted by Gasteiger charge is -2.14. The summed E-state index contributed by atoms with van der Waals surface area (Å²) in [6.45, 7) is 6.17. The predicted octanol–water partition coefficient (Wildman–Crippen LogP) is 3.07. The van der Waals surface area contributed by atoms with Crippen LogP contribution < -0.4 is 16.4 Å². The molecule has 0 heterocycles. The fourth-order valence-corrected chi connectivity index (χ4v) is 3.17. The molecule has 0 fully saturated rings. The van der Waals surface area contributed by atoms with E-state index in [-0.39, 0.29) is 0 Å². The van der Waals surface area contributed by atoms with E-state index in [2.05, 4.69) is 47.0 Å². The molecule has 138 valence electrons. The molecule has 6 heteroatoms. The third-order valence-corrected chi connectivity index (χ3v) is 4.71. The second-order valence-electron chi connectivity index (χ2n) is 5.93. The van der Waals surface area contributed by atoms with Crippen LogP contribution in [-0.4, -0.2) is 24.7 Å². The summed E-state index contributed by atoms with van der Waals surface area (Å²) in [6, 6.07) is 13.7. The first-order chi connectivity index (χ1) is 12.5. The number of guanidine groups is 1. The number of nitrogens with zero attached hydrogens (tertiary/aromatic N) is 1. The van der Waals surface area contributed by atoms with E-state index in [1.54, 1.807) is 23.9 Å². The molecule has 4 N–H and O–H groups in total. The number of nitrogens with two attached hydrogens (primary N) is 1.